The Labute approximate surface area is 136 Å². The molecule has 1 aromatic carbocycles. The van der Waals surface area contributed by atoms with Gasteiger partial charge in [-0.2, -0.15) is 15.0 Å². The third kappa shape index (κ3) is 5.07. The van der Waals surface area contributed by atoms with E-state index in [0.29, 0.717) is 25.6 Å². The van der Waals surface area contributed by atoms with Crippen LogP contribution in [0.2, 0.25) is 0 Å². The SMILES string of the molecule is COCCN(CC(C)C)C(=O)Nc1ccc(-n2nccn2)cc1. The fourth-order valence-corrected chi connectivity index (χ4v) is 2.15. The highest BCUT2D eigenvalue weighted by Gasteiger charge is 2.14. The highest BCUT2D eigenvalue weighted by molar-refractivity contribution is 5.89. The summed E-state index contributed by atoms with van der Waals surface area (Å²) >= 11 is 0. The number of hydrogen-bond donors (Lipinski definition) is 1. The van der Waals surface area contributed by atoms with E-state index in [1.165, 1.54) is 4.80 Å². The Morgan fingerprint density at radius 3 is 2.48 bits per heavy atom. The molecule has 0 aliphatic carbocycles. The monoisotopic (exact) mass is 317 g/mol. The molecule has 2 amide bonds. The van der Waals surface area contributed by atoms with Gasteiger partial charge in [0.25, 0.3) is 0 Å². The Hall–Kier alpha value is -2.41. The minimum atomic E-state index is -0.124. The van der Waals surface area contributed by atoms with Crippen LogP contribution in [0.5, 0.6) is 0 Å². The number of amides is 2. The molecule has 1 aromatic heterocycles. The van der Waals surface area contributed by atoms with Gasteiger partial charge in [0, 0.05) is 25.9 Å². The largest absolute Gasteiger partial charge is 0.383 e. The first-order chi connectivity index (χ1) is 11.1. The molecule has 0 bridgehead atoms. The molecule has 2 aromatic rings. The third-order valence-electron chi connectivity index (χ3n) is 3.21. The van der Waals surface area contributed by atoms with Crippen molar-refractivity contribution < 1.29 is 9.53 Å². The number of urea groups is 1. The molecule has 1 N–H and O–H groups in total. The van der Waals surface area contributed by atoms with Crippen molar-refractivity contribution in [3.63, 3.8) is 0 Å². The Bertz CT molecular complexity index is 595. The average Bonchev–Trinajstić information content (AvgIpc) is 3.06. The van der Waals surface area contributed by atoms with Crippen LogP contribution in [0, 0.1) is 5.92 Å². The molecule has 0 spiro atoms. The molecule has 0 saturated carbocycles. The van der Waals surface area contributed by atoms with E-state index in [-0.39, 0.29) is 6.03 Å². The predicted molar refractivity (Wildman–Crippen MR) is 88.7 cm³/mol. The third-order valence-corrected chi connectivity index (χ3v) is 3.21. The molecule has 0 unspecified atom stereocenters. The molecule has 124 valence electrons. The lowest BCUT2D eigenvalue weighted by atomic mass is 10.2. The maximum atomic E-state index is 12.4. The summed E-state index contributed by atoms with van der Waals surface area (Å²) in [7, 11) is 1.63. The number of aromatic nitrogens is 3. The van der Waals surface area contributed by atoms with Gasteiger partial charge in [0.1, 0.15) is 0 Å². The van der Waals surface area contributed by atoms with Gasteiger partial charge in [-0.3, -0.25) is 0 Å². The van der Waals surface area contributed by atoms with E-state index >= 15 is 0 Å². The topological polar surface area (TPSA) is 72.3 Å². The first kappa shape index (κ1) is 17.0. The molecule has 2 rings (SSSR count). The minimum Gasteiger partial charge on any atom is -0.383 e. The smallest absolute Gasteiger partial charge is 0.321 e. The van der Waals surface area contributed by atoms with Gasteiger partial charge >= 0.3 is 6.03 Å². The van der Waals surface area contributed by atoms with Crippen LogP contribution in [0.1, 0.15) is 13.8 Å². The number of anilines is 1. The number of rotatable bonds is 7. The van der Waals surface area contributed by atoms with Gasteiger partial charge in [-0.15, -0.1) is 0 Å². The van der Waals surface area contributed by atoms with Gasteiger partial charge in [0.2, 0.25) is 0 Å². The predicted octanol–water partition coefficient (Wildman–Crippen LogP) is 2.40. The zero-order chi connectivity index (χ0) is 16.7. The van der Waals surface area contributed by atoms with E-state index in [1.54, 1.807) is 24.4 Å². The molecule has 0 aliphatic heterocycles. The van der Waals surface area contributed by atoms with Crippen LogP contribution in [0.15, 0.2) is 36.7 Å². The average molecular weight is 317 g/mol. The molecule has 7 nitrogen and oxygen atoms in total. The maximum absolute atomic E-state index is 12.4. The van der Waals surface area contributed by atoms with Gasteiger partial charge < -0.3 is 15.0 Å². The lowest BCUT2D eigenvalue weighted by molar-refractivity contribution is 0.150. The molecule has 0 radical (unpaired) electrons. The first-order valence-electron chi connectivity index (χ1n) is 7.61. The van der Waals surface area contributed by atoms with Gasteiger partial charge in [0.15, 0.2) is 0 Å². The van der Waals surface area contributed by atoms with Crippen molar-refractivity contribution in [2.45, 2.75) is 13.8 Å². The van der Waals surface area contributed by atoms with Crippen LogP contribution in [0.3, 0.4) is 0 Å². The summed E-state index contributed by atoms with van der Waals surface area (Å²) in [5, 5.41) is 11.0. The van der Waals surface area contributed by atoms with Crippen LogP contribution in [-0.4, -0.2) is 52.7 Å². The van der Waals surface area contributed by atoms with Gasteiger partial charge in [-0.1, -0.05) is 13.8 Å². The van der Waals surface area contributed by atoms with E-state index < -0.39 is 0 Å². The molecular formula is C16H23N5O2. The molecule has 23 heavy (non-hydrogen) atoms. The van der Waals surface area contributed by atoms with Crippen LogP contribution in [0.4, 0.5) is 10.5 Å². The van der Waals surface area contributed by atoms with Crippen molar-refractivity contribution in [2.24, 2.45) is 5.92 Å². The number of ether oxygens (including phenoxy) is 1. The summed E-state index contributed by atoms with van der Waals surface area (Å²) in [6.45, 7) is 5.93. The van der Waals surface area contributed by atoms with E-state index in [1.807, 2.05) is 24.3 Å². The molecule has 0 aliphatic rings. The van der Waals surface area contributed by atoms with Crippen molar-refractivity contribution in [1.82, 2.24) is 19.9 Å². The van der Waals surface area contributed by atoms with E-state index in [0.717, 1.165) is 11.4 Å². The Balaban J connectivity index is 1.99. The van der Waals surface area contributed by atoms with E-state index in [4.69, 9.17) is 4.74 Å². The summed E-state index contributed by atoms with van der Waals surface area (Å²) in [6, 6.07) is 7.26. The molecule has 0 fully saturated rings. The molecule has 0 saturated heterocycles. The Morgan fingerprint density at radius 2 is 1.91 bits per heavy atom. The second-order valence-corrected chi connectivity index (χ2v) is 5.63. The number of hydrogen-bond acceptors (Lipinski definition) is 4. The highest BCUT2D eigenvalue weighted by Crippen LogP contribution is 2.13. The lowest BCUT2D eigenvalue weighted by Crippen LogP contribution is -2.39. The number of nitrogens with zero attached hydrogens (tertiary/aromatic N) is 4. The van der Waals surface area contributed by atoms with E-state index in [9.17, 15) is 4.79 Å². The zero-order valence-corrected chi connectivity index (χ0v) is 13.8. The fraction of sp³-hybridized carbons (Fsp3) is 0.438. The highest BCUT2D eigenvalue weighted by atomic mass is 16.5. The summed E-state index contributed by atoms with van der Waals surface area (Å²) < 4.78 is 5.07. The number of nitrogens with one attached hydrogen (secondary N) is 1. The van der Waals surface area contributed by atoms with Crippen molar-refractivity contribution >= 4 is 11.7 Å². The summed E-state index contributed by atoms with van der Waals surface area (Å²) in [4.78, 5) is 15.7. The number of carbonyl (C=O) groups is 1. The van der Waals surface area contributed by atoms with Crippen LogP contribution in [0.25, 0.3) is 5.69 Å². The second kappa shape index (κ2) is 8.28. The zero-order valence-electron chi connectivity index (χ0n) is 13.8. The van der Waals surface area contributed by atoms with Gasteiger partial charge in [-0.05, 0) is 30.2 Å². The Kier molecular flexibility index (Phi) is 6.10. The molecule has 7 heteroatoms. The number of carbonyl (C=O) groups excluding carboxylic acids is 1. The molecule has 0 atom stereocenters. The maximum Gasteiger partial charge on any atom is 0.321 e. The number of benzene rings is 1. The van der Waals surface area contributed by atoms with Gasteiger partial charge in [-0.25, -0.2) is 4.79 Å². The quantitative estimate of drug-likeness (QED) is 0.851. The fourth-order valence-electron chi connectivity index (χ4n) is 2.15. The van der Waals surface area contributed by atoms with Crippen molar-refractivity contribution in [3.05, 3.63) is 36.7 Å². The Morgan fingerprint density at radius 1 is 1.26 bits per heavy atom. The summed E-state index contributed by atoms with van der Waals surface area (Å²) in [5.74, 6) is 0.394. The first-order valence-corrected chi connectivity index (χ1v) is 7.61. The van der Waals surface area contributed by atoms with Crippen LogP contribution >= 0.6 is 0 Å². The van der Waals surface area contributed by atoms with Gasteiger partial charge in [0.05, 0.1) is 24.7 Å². The summed E-state index contributed by atoms with van der Waals surface area (Å²) in [5.41, 5.74) is 1.57. The van der Waals surface area contributed by atoms with Crippen LogP contribution in [-0.2, 0) is 4.74 Å². The summed E-state index contributed by atoms with van der Waals surface area (Å²) in [6.07, 6.45) is 3.24. The van der Waals surface area contributed by atoms with Crippen molar-refractivity contribution in [1.29, 1.82) is 0 Å². The molecular weight excluding hydrogens is 294 g/mol. The van der Waals surface area contributed by atoms with Crippen LogP contribution < -0.4 is 5.32 Å². The standard InChI is InChI=1S/C16H23N5O2/c1-13(2)12-20(10-11-23-3)16(22)19-14-4-6-15(7-5-14)21-17-8-9-18-21/h4-9,13H,10-12H2,1-3H3,(H,19,22). The number of methoxy groups -OCH3 is 1. The van der Waals surface area contributed by atoms with Crippen molar-refractivity contribution in [3.8, 4) is 5.69 Å². The van der Waals surface area contributed by atoms with E-state index in [2.05, 4.69) is 29.4 Å². The molecule has 1 heterocycles. The normalized spacial score (nSPS) is 10.8. The second-order valence-electron chi connectivity index (χ2n) is 5.63. The lowest BCUT2D eigenvalue weighted by Gasteiger charge is -2.24. The van der Waals surface area contributed by atoms with Crippen molar-refractivity contribution in [2.75, 3.05) is 32.1 Å². The minimum absolute atomic E-state index is 0.124.